The first kappa shape index (κ1) is 11.6. The summed E-state index contributed by atoms with van der Waals surface area (Å²) < 4.78 is 18.6. The SMILES string of the molecule is ONCc1cc(F)cc(Cl)c1OCC1CC1. The van der Waals surface area contributed by atoms with Crippen molar-refractivity contribution in [2.24, 2.45) is 5.92 Å². The number of benzene rings is 1. The van der Waals surface area contributed by atoms with Crippen LogP contribution in [0.5, 0.6) is 5.75 Å². The fourth-order valence-electron chi connectivity index (χ4n) is 1.48. The van der Waals surface area contributed by atoms with E-state index in [4.69, 9.17) is 21.5 Å². The van der Waals surface area contributed by atoms with Crippen molar-refractivity contribution in [3.05, 3.63) is 28.5 Å². The highest BCUT2D eigenvalue weighted by Crippen LogP contribution is 2.34. The zero-order chi connectivity index (χ0) is 11.5. The van der Waals surface area contributed by atoms with Gasteiger partial charge in [-0.05, 0) is 30.9 Å². The van der Waals surface area contributed by atoms with Gasteiger partial charge >= 0.3 is 0 Å². The van der Waals surface area contributed by atoms with Gasteiger partial charge in [0.1, 0.15) is 11.6 Å². The van der Waals surface area contributed by atoms with Gasteiger partial charge in [0.05, 0.1) is 11.6 Å². The molecule has 1 aromatic rings. The summed E-state index contributed by atoms with van der Waals surface area (Å²) in [4.78, 5) is 0. The van der Waals surface area contributed by atoms with Gasteiger partial charge < -0.3 is 9.94 Å². The predicted molar refractivity (Wildman–Crippen MR) is 58.3 cm³/mol. The normalized spacial score (nSPS) is 15.2. The van der Waals surface area contributed by atoms with Crippen LogP contribution in [0.25, 0.3) is 0 Å². The Morgan fingerprint density at radius 3 is 2.88 bits per heavy atom. The lowest BCUT2D eigenvalue weighted by molar-refractivity contribution is 0.159. The number of hydrogen-bond donors (Lipinski definition) is 2. The fourth-order valence-corrected chi connectivity index (χ4v) is 1.76. The second-order valence-electron chi connectivity index (χ2n) is 3.97. The highest BCUT2D eigenvalue weighted by Gasteiger charge is 2.23. The summed E-state index contributed by atoms with van der Waals surface area (Å²) in [5.74, 6) is 0.613. The van der Waals surface area contributed by atoms with Gasteiger partial charge in [-0.1, -0.05) is 11.6 Å². The van der Waals surface area contributed by atoms with Crippen LogP contribution in [0.4, 0.5) is 4.39 Å². The molecule has 0 aliphatic heterocycles. The van der Waals surface area contributed by atoms with E-state index in [0.717, 1.165) is 0 Å². The van der Waals surface area contributed by atoms with E-state index in [1.165, 1.54) is 25.0 Å². The van der Waals surface area contributed by atoms with E-state index in [0.29, 0.717) is 23.8 Å². The maximum absolute atomic E-state index is 13.1. The first-order chi connectivity index (χ1) is 7.70. The van der Waals surface area contributed by atoms with E-state index in [1.807, 2.05) is 5.48 Å². The molecule has 0 amide bonds. The highest BCUT2D eigenvalue weighted by atomic mass is 35.5. The summed E-state index contributed by atoms with van der Waals surface area (Å²) in [7, 11) is 0. The van der Waals surface area contributed by atoms with Crippen LogP contribution in [0, 0.1) is 11.7 Å². The molecule has 3 nitrogen and oxygen atoms in total. The molecule has 0 bridgehead atoms. The summed E-state index contributed by atoms with van der Waals surface area (Å²) in [5.41, 5.74) is 2.50. The maximum Gasteiger partial charge on any atom is 0.142 e. The number of hydroxylamine groups is 1. The molecule has 1 aliphatic carbocycles. The molecule has 0 spiro atoms. The van der Waals surface area contributed by atoms with E-state index in [9.17, 15) is 4.39 Å². The van der Waals surface area contributed by atoms with Crippen LogP contribution < -0.4 is 10.2 Å². The van der Waals surface area contributed by atoms with Gasteiger partial charge in [-0.3, -0.25) is 0 Å². The minimum absolute atomic E-state index is 0.109. The minimum atomic E-state index is -0.436. The molecule has 0 atom stereocenters. The Morgan fingerprint density at radius 2 is 2.25 bits per heavy atom. The monoisotopic (exact) mass is 245 g/mol. The average Bonchev–Trinajstić information content (AvgIpc) is 3.00. The van der Waals surface area contributed by atoms with E-state index < -0.39 is 5.82 Å². The first-order valence-corrected chi connectivity index (χ1v) is 5.56. The second-order valence-corrected chi connectivity index (χ2v) is 4.37. The summed E-state index contributed by atoms with van der Waals surface area (Å²) in [6.45, 7) is 0.710. The minimum Gasteiger partial charge on any atom is -0.491 e. The molecular weight excluding hydrogens is 233 g/mol. The standard InChI is InChI=1S/C11H13ClFNO2/c12-10-4-9(13)3-8(5-14-15)11(10)16-6-7-1-2-7/h3-4,7,14-15H,1-2,5-6H2. The molecule has 88 valence electrons. The summed E-state index contributed by atoms with van der Waals surface area (Å²) in [6, 6.07) is 2.52. The van der Waals surface area contributed by atoms with Gasteiger partial charge in [0, 0.05) is 12.1 Å². The molecule has 0 radical (unpaired) electrons. The molecule has 16 heavy (non-hydrogen) atoms. The molecule has 5 heteroatoms. The zero-order valence-corrected chi connectivity index (χ0v) is 9.43. The fraction of sp³-hybridized carbons (Fsp3) is 0.455. The summed E-state index contributed by atoms with van der Waals surface area (Å²) in [6.07, 6.45) is 2.35. The molecule has 1 aliphatic rings. The predicted octanol–water partition coefficient (Wildman–Crippen LogP) is 2.75. The van der Waals surface area contributed by atoms with E-state index >= 15 is 0 Å². The highest BCUT2D eigenvalue weighted by molar-refractivity contribution is 6.32. The molecule has 1 fully saturated rings. The van der Waals surface area contributed by atoms with Crippen LogP contribution in [0.3, 0.4) is 0 Å². The van der Waals surface area contributed by atoms with Crippen LogP contribution in [0.2, 0.25) is 5.02 Å². The Morgan fingerprint density at radius 1 is 1.50 bits per heavy atom. The lowest BCUT2D eigenvalue weighted by Gasteiger charge is -2.12. The van der Waals surface area contributed by atoms with E-state index in [2.05, 4.69) is 0 Å². The Balaban J connectivity index is 2.16. The Bertz CT molecular complexity index is 382. The number of ether oxygens (including phenoxy) is 1. The van der Waals surface area contributed by atoms with Crippen LogP contribution in [-0.4, -0.2) is 11.8 Å². The Hall–Kier alpha value is -0.840. The molecular formula is C11H13ClFNO2. The maximum atomic E-state index is 13.1. The number of halogens is 2. The summed E-state index contributed by atoms with van der Waals surface area (Å²) >= 11 is 5.90. The van der Waals surface area contributed by atoms with Crippen molar-refractivity contribution in [3.63, 3.8) is 0 Å². The quantitative estimate of drug-likeness (QED) is 0.784. The Kier molecular flexibility index (Phi) is 3.63. The van der Waals surface area contributed by atoms with Crippen LogP contribution in [0.15, 0.2) is 12.1 Å². The van der Waals surface area contributed by atoms with Gasteiger partial charge in [-0.2, -0.15) is 0 Å². The van der Waals surface area contributed by atoms with Crippen molar-refractivity contribution in [2.45, 2.75) is 19.4 Å². The largest absolute Gasteiger partial charge is 0.491 e. The zero-order valence-electron chi connectivity index (χ0n) is 8.67. The molecule has 0 heterocycles. The van der Waals surface area contributed by atoms with Crippen LogP contribution in [0.1, 0.15) is 18.4 Å². The summed E-state index contributed by atoms with van der Waals surface area (Å²) in [5, 5.41) is 8.89. The van der Waals surface area contributed by atoms with Gasteiger partial charge in [0.15, 0.2) is 0 Å². The topological polar surface area (TPSA) is 41.5 Å². The smallest absolute Gasteiger partial charge is 0.142 e. The van der Waals surface area contributed by atoms with Gasteiger partial charge in [-0.15, -0.1) is 0 Å². The van der Waals surface area contributed by atoms with Crippen molar-refractivity contribution in [2.75, 3.05) is 6.61 Å². The van der Waals surface area contributed by atoms with E-state index in [1.54, 1.807) is 0 Å². The van der Waals surface area contributed by atoms with Gasteiger partial charge in [0.25, 0.3) is 0 Å². The molecule has 0 saturated heterocycles. The van der Waals surface area contributed by atoms with Crippen molar-refractivity contribution in [1.29, 1.82) is 0 Å². The molecule has 1 saturated carbocycles. The molecule has 2 rings (SSSR count). The third-order valence-corrected chi connectivity index (χ3v) is 2.80. The third kappa shape index (κ3) is 2.84. The number of hydrogen-bond acceptors (Lipinski definition) is 3. The van der Waals surface area contributed by atoms with Crippen molar-refractivity contribution in [1.82, 2.24) is 5.48 Å². The van der Waals surface area contributed by atoms with Crippen LogP contribution >= 0.6 is 11.6 Å². The molecule has 0 unspecified atom stereocenters. The first-order valence-electron chi connectivity index (χ1n) is 5.18. The number of nitrogens with one attached hydrogen (secondary N) is 1. The molecule has 1 aromatic carbocycles. The number of rotatable bonds is 5. The van der Waals surface area contributed by atoms with Crippen molar-refractivity contribution >= 4 is 11.6 Å². The Labute approximate surface area is 98.1 Å². The van der Waals surface area contributed by atoms with Crippen molar-refractivity contribution in [3.8, 4) is 5.75 Å². The third-order valence-electron chi connectivity index (χ3n) is 2.52. The molecule has 2 N–H and O–H groups in total. The van der Waals surface area contributed by atoms with Crippen LogP contribution in [-0.2, 0) is 6.54 Å². The van der Waals surface area contributed by atoms with Gasteiger partial charge in [-0.25, -0.2) is 9.87 Å². The molecule has 0 aromatic heterocycles. The van der Waals surface area contributed by atoms with Gasteiger partial charge in [0.2, 0.25) is 0 Å². The second kappa shape index (κ2) is 4.99. The lowest BCUT2D eigenvalue weighted by atomic mass is 10.2. The lowest BCUT2D eigenvalue weighted by Crippen LogP contribution is -2.10. The average molecular weight is 246 g/mol. The van der Waals surface area contributed by atoms with Crippen molar-refractivity contribution < 1.29 is 14.3 Å². The van der Waals surface area contributed by atoms with E-state index in [-0.39, 0.29) is 11.6 Å².